The van der Waals surface area contributed by atoms with Crippen LogP contribution in [0.25, 0.3) is 0 Å². The third-order valence-corrected chi connectivity index (χ3v) is 1.75. The van der Waals surface area contributed by atoms with Gasteiger partial charge in [-0.1, -0.05) is 13.8 Å². The first-order valence-corrected chi connectivity index (χ1v) is 3.80. The minimum Gasteiger partial charge on any atom is -0.295 e. The normalized spacial score (nSPS) is 10.5. The summed E-state index contributed by atoms with van der Waals surface area (Å²) in [5, 5.41) is 0. The van der Waals surface area contributed by atoms with Gasteiger partial charge in [-0.15, -0.1) is 0 Å². The van der Waals surface area contributed by atoms with Gasteiger partial charge in [-0.05, 0) is 17.5 Å². The van der Waals surface area contributed by atoms with Crippen LogP contribution >= 0.6 is 0 Å². The predicted octanol–water partition coefficient (Wildman–Crippen LogP) is 2.27. The van der Waals surface area contributed by atoms with Gasteiger partial charge in [0.15, 0.2) is 0 Å². The van der Waals surface area contributed by atoms with E-state index < -0.39 is 0 Å². The Kier molecular flexibility index (Phi) is 2.13. The Labute approximate surface area is 66.8 Å². The molecule has 2 heteroatoms. The van der Waals surface area contributed by atoms with E-state index in [0.717, 1.165) is 0 Å². The molecule has 11 heavy (non-hydrogen) atoms. The Balaban J connectivity index is 2.90. The molecule has 0 atom stereocenters. The summed E-state index contributed by atoms with van der Waals surface area (Å²) < 4.78 is 1.61. The number of nitrogens with zero attached hydrogens (tertiary/aromatic N) is 1. The number of hydrogen-bond acceptors (Lipinski definition) is 1. The molecular formula is C9H13NO. The second-order valence-electron chi connectivity index (χ2n) is 3.03. The molecule has 0 aliphatic heterocycles. The van der Waals surface area contributed by atoms with E-state index in [0.29, 0.717) is 5.92 Å². The Morgan fingerprint density at radius 2 is 2.18 bits per heavy atom. The molecule has 2 nitrogen and oxygen atoms in total. The van der Waals surface area contributed by atoms with Crippen molar-refractivity contribution in [2.75, 3.05) is 0 Å². The van der Waals surface area contributed by atoms with Gasteiger partial charge in [0, 0.05) is 19.3 Å². The highest BCUT2D eigenvalue weighted by molar-refractivity contribution is 5.76. The molecule has 0 spiro atoms. The average molecular weight is 151 g/mol. The number of carbonyl (C=O) groups is 1. The summed E-state index contributed by atoms with van der Waals surface area (Å²) in [6.45, 7) is 5.78. The van der Waals surface area contributed by atoms with Crippen LogP contribution in [0.3, 0.4) is 0 Å². The van der Waals surface area contributed by atoms with E-state index in [1.807, 2.05) is 12.3 Å². The van der Waals surface area contributed by atoms with Crippen LogP contribution < -0.4 is 0 Å². The van der Waals surface area contributed by atoms with Crippen LogP contribution in [-0.4, -0.2) is 10.5 Å². The van der Waals surface area contributed by atoms with Crippen molar-refractivity contribution < 1.29 is 4.79 Å². The molecule has 0 aromatic carbocycles. The van der Waals surface area contributed by atoms with E-state index >= 15 is 0 Å². The summed E-state index contributed by atoms with van der Waals surface area (Å²) in [7, 11) is 0. The van der Waals surface area contributed by atoms with E-state index in [9.17, 15) is 4.79 Å². The molecule has 0 saturated carbocycles. The zero-order valence-corrected chi connectivity index (χ0v) is 7.16. The first kappa shape index (κ1) is 8.05. The predicted molar refractivity (Wildman–Crippen MR) is 44.8 cm³/mol. The molecule has 0 aliphatic carbocycles. The highest BCUT2D eigenvalue weighted by Gasteiger charge is 2.02. The maximum Gasteiger partial charge on any atom is 0.227 e. The molecular weight excluding hydrogens is 138 g/mol. The lowest BCUT2D eigenvalue weighted by atomic mass is 10.1. The van der Waals surface area contributed by atoms with E-state index in [-0.39, 0.29) is 5.91 Å². The molecule has 0 aliphatic rings. The van der Waals surface area contributed by atoms with E-state index in [2.05, 4.69) is 13.8 Å². The quantitative estimate of drug-likeness (QED) is 0.603. The van der Waals surface area contributed by atoms with Crippen molar-refractivity contribution in [3.8, 4) is 0 Å². The third kappa shape index (κ3) is 1.70. The van der Waals surface area contributed by atoms with Gasteiger partial charge >= 0.3 is 0 Å². The highest BCUT2D eigenvalue weighted by atomic mass is 16.1. The van der Waals surface area contributed by atoms with Crippen molar-refractivity contribution in [2.24, 2.45) is 0 Å². The fraction of sp³-hybridized carbons (Fsp3) is 0.444. The van der Waals surface area contributed by atoms with Gasteiger partial charge in [0.05, 0.1) is 0 Å². The van der Waals surface area contributed by atoms with Crippen molar-refractivity contribution in [2.45, 2.75) is 26.7 Å². The molecule has 0 fully saturated rings. The van der Waals surface area contributed by atoms with Crippen molar-refractivity contribution in [3.05, 3.63) is 24.0 Å². The monoisotopic (exact) mass is 151 g/mol. The Hall–Kier alpha value is -1.05. The summed E-state index contributed by atoms with van der Waals surface area (Å²) in [6, 6.07) is 1.98. The van der Waals surface area contributed by atoms with E-state index in [4.69, 9.17) is 0 Å². The van der Waals surface area contributed by atoms with Crippen molar-refractivity contribution in [1.29, 1.82) is 0 Å². The Bertz CT molecular complexity index is 260. The average Bonchev–Trinajstić information content (AvgIpc) is 2.33. The number of carbonyl (C=O) groups excluding carboxylic acids is 1. The van der Waals surface area contributed by atoms with Crippen LogP contribution in [0.4, 0.5) is 0 Å². The van der Waals surface area contributed by atoms with Gasteiger partial charge in [0.25, 0.3) is 0 Å². The minimum atomic E-state index is 0.0666. The Morgan fingerprint density at radius 3 is 2.45 bits per heavy atom. The van der Waals surface area contributed by atoms with Gasteiger partial charge in [0.2, 0.25) is 5.91 Å². The molecule has 1 rings (SSSR count). The maximum atomic E-state index is 10.8. The standard InChI is InChI=1S/C9H13NO/c1-7(2)9-4-5-10(6-9)8(3)11/h4-7H,1-3H3. The molecule has 0 unspecified atom stereocenters. The van der Waals surface area contributed by atoms with Gasteiger partial charge in [-0.25, -0.2) is 0 Å². The first-order chi connectivity index (χ1) is 5.11. The van der Waals surface area contributed by atoms with Crippen LogP contribution in [0.2, 0.25) is 0 Å². The second-order valence-corrected chi connectivity index (χ2v) is 3.03. The minimum absolute atomic E-state index is 0.0666. The summed E-state index contributed by atoms with van der Waals surface area (Å²) in [6.07, 6.45) is 3.69. The van der Waals surface area contributed by atoms with Crippen LogP contribution in [0, 0.1) is 0 Å². The van der Waals surface area contributed by atoms with Crippen molar-refractivity contribution in [1.82, 2.24) is 4.57 Å². The fourth-order valence-corrected chi connectivity index (χ4v) is 0.950. The smallest absolute Gasteiger partial charge is 0.227 e. The van der Waals surface area contributed by atoms with Gasteiger partial charge in [-0.3, -0.25) is 9.36 Å². The lowest BCUT2D eigenvalue weighted by Crippen LogP contribution is -2.01. The lowest BCUT2D eigenvalue weighted by molar-refractivity contribution is 0.0936. The third-order valence-electron chi connectivity index (χ3n) is 1.75. The summed E-state index contributed by atoms with van der Waals surface area (Å²) >= 11 is 0. The van der Waals surface area contributed by atoms with Gasteiger partial charge in [-0.2, -0.15) is 0 Å². The molecule has 1 aromatic heterocycles. The maximum absolute atomic E-state index is 10.8. The fourth-order valence-electron chi connectivity index (χ4n) is 0.950. The van der Waals surface area contributed by atoms with Gasteiger partial charge in [0.1, 0.15) is 0 Å². The second kappa shape index (κ2) is 2.91. The van der Waals surface area contributed by atoms with E-state index in [1.165, 1.54) is 5.56 Å². The van der Waals surface area contributed by atoms with Crippen LogP contribution in [0.15, 0.2) is 18.5 Å². The molecule has 0 saturated heterocycles. The van der Waals surface area contributed by atoms with Gasteiger partial charge < -0.3 is 0 Å². The first-order valence-electron chi connectivity index (χ1n) is 3.80. The summed E-state index contributed by atoms with van der Waals surface area (Å²) in [5.74, 6) is 0.563. The lowest BCUT2D eigenvalue weighted by Gasteiger charge is -1.98. The molecule has 60 valence electrons. The number of aromatic nitrogens is 1. The van der Waals surface area contributed by atoms with E-state index in [1.54, 1.807) is 17.7 Å². The molecule has 1 aromatic rings. The molecule has 1 heterocycles. The SMILES string of the molecule is CC(=O)n1ccc(C(C)C)c1. The van der Waals surface area contributed by atoms with Crippen molar-refractivity contribution >= 4 is 5.91 Å². The summed E-state index contributed by atoms with van der Waals surface area (Å²) in [4.78, 5) is 10.8. The molecule has 0 amide bonds. The van der Waals surface area contributed by atoms with Crippen LogP contribution in [0.5, 0.6) is 0 Å². The zero-order valence-electron chi connectivity index (χ0n) is 7.16. The number of hydrogen-bond donors (Lipinski definition) is 0. The molecule has 0 N–H and O–H groups in total. The highest BCUT2D eigenvalue weighted by Crippen LogP contribution is 2.13. The van der Waals surface area contributed by atoms with Crippen molar-refractivity contribution in [3.63, 3.8) is 0 Å². The van der Waals surface area contributed by atoms with Crippen LogP contribution in [0.1, 0.15) is 37.0 Å². The topological polar surface area (TPSA) is 22.0 Å². The van der Waals surface area contributed by atoms with Crippen LogP contribution in [-0.2, 0) is 0 Å². The zero-order chi connectivity index (χ0) is 8.43. The molecule has 0 radical (unpaired) electrons. The Morgan fingerprint density at radius 1 is 1.55 bits per heavy atom. The molecule has 0 bridgehead atoms. The number of rotatable bonds is 1. The summed E-state index contributed by atoms with van der Waals surface area (Å²) in [5.41, 5.74) is 1.21. The largest absolute Gasteiger partial charge is 0.295 e.